The fraction of sp³-hybridized carbons (Fsp3) is 0.286. The van der Waals surface area contributed by atoms with E-state index in [1.54, 1.807) is 0 Å². The van der Waals surface area contributed by atoms with Crippen molar-refractivity contribution >= 4 is 0 Å². The van der Waals surface area contributed by atoms with Crippen LogP contribution in [0.5, 0.6) is 0 Å². The maximum absolute atomic E-state index is 6.29. The summed E-state index contributed by atoms with van der Waals surface area (Å²) in [7, 11) is 0. The molecular formula is C28H30O4. The second-order valence-corrected chi connectivity index (χ2v) is 7.98. The van der Waals surface area contributed by atoms with Crippen LogP contribution in [0.4, 0.5) is 0 Å². The van der Waals surface area contributed by atoms with Crippen molar-refractivity contribution in [3.8, 4) is 0 Å². The molecule has 1 fully saturated rings. The van der Waals surface area contributed by atoms with Gasteiger partial charge in [0.15, 0.2) is 0 Å². The van der Waals surface area contributed by atoms with Crippen molar-refractivity contribution in [1.29, 1.82) is 0 Å². The second kappa shape index (κ2) is 11.6. The Balaban J connectivity index is 1.36. The van der Waals surface area contributed by atoms with E-state index in [4.69, 9.17) is 18.9 Å². The summed E-state index contributed by atoms with van der Waals surface area (Å²) in [6, 6.07) is 30.4. The molecule has 3 atom stereocenters. The van der Waals surface area contributed by atoms with Gasteiger partial charge in [-0.25, -0.2) is 0 Å². The normalized spacial score (nSPS) is 20.6. The average molecular weight is 431 g/mol. The molecule has 32 heavy (non-hydrogen) atoms. The highest BCUT2D eigenvalue weighted by Crippen LogP contribution is 2.28. The quantitative estimate of drug-likeness (QED) is 0.415. The SMILES string of the molecule is C=C1OC(COCc2ccccc2)C(OCc2ccccc2)CC1OCc1ccccc1. The molecule has 1 aliphatic heterocycles. The van der Waals surface area contributed by atoms with E-state index in [2.05, 4.69) is 43.0 Å². The van der Waals surface area contributed by atoms with Gasteiger partial charge in [0.2, 0.25) is 0 Å². The van der Waals surface area contributed by atoms with Gasteiger partial charge in [0.05, 0.1) is 32.5 Å². The summed E-state index contributed by atoms with van der Waals surface area (Å²) in [6.45, 7) is 6.11. The van der Waals surface area contributed by atoms with Gasteiger partial charge in [-0.05, 0) is 16.7 Å². The van der Waals surface area contributed by atoms with E-state index in [-0.39, 0.29) is 18.3 Å². The number of benzene rings is 3. The molecule has 166 valence electrons. The first-order chi connectivity index (χ1) is 15.8. The first kappa shape index (κ1) is 22.3. The fourth-order valence-corrected chi connectivity index (χ4v) is 3.73. The molecule has 0 aliphatic carbocycles. The van der Waals surface area contributed by atoms with Crippen LogP contribution in [0, 0.1) is 0 Å². The van der Waals surface area contributed by atoms with Gasteiger partial charge in [0.1, 0.15) is 18.0 Å². The molecule has 1 saturated heterocycles. The molecule has 4 rings (SSSR count). The molecule has 0 saturated carbocycles. The summed E-state index contributed by atoms with van der Waals surface area (Å²) in [5.41, 5.74) is 3.38. The Morgan fingerprint density at radius 1 is 0.688 bits per heavy atom. The zero-order valence-corrected chi connectivity index (χ0v) is 18.3. The number of ether oxygens (including phenoxy) is 4. The van der Waals surface area contributed by atoms with Crippen LogP contribution in [0.2, 0.25) is 0 Å². The van der Waals surface area contributed by atoms with Gasteiger partial charge in [0, 0.05) is 6.42 Å². The smallest absolute Gasteiger partial charge is 0.148 e. The lowest BCUT2D eigenvalue weighted by Gasteiger charge is -2.37. The Labute approximate surface area is 190 Å². The average Bonchev–Trinajstić information content (AvgIpc) is 2.85. The van der Waals surface area contributed by atoms with Crippen LogP contribution in [0.3, 0.4) is 0 Å². The van der Waals surface area contributed by atoms with Crippen molar-refractivity contribution in [2.45, 2.75) is 44.6 Å². The Hall–Kier alpha value is -2.92. The topological polar surface area (TPSA) is 36.9 Å². The third-order valence-electron chi connectivity index (χ3n) is 5.52. The van der Waals surface area contributed by atoms with E-state index in [9.17, 15) is 0 Å². The van der Waals surface area contributed by atoms with E-state index < -0.39 is 0 Å². The number of rotatable bonds is 10. The van der Waals surface area contributed by atoms with Crippen molar-refractivity contribution in [2.24, 2.45) is 0 Å². The zero-order chi connectivity index (χ0) is 22.0. The lowest BCUT2D eigenvalue weighted by atomic mass is 10.0. The van der Waals surface area contributed by atoms with Crippen molar-refractivity contribution in [1.82, 2.24) is 0 Å². The molecule has 4 heteroatoms. The first-order valence-electron chi connectivity index (χ1n) is 11.1. The van der Waals surface area contributed by atoms with Crippen LogP contribution in [-0.2, 0) is 38.8 Å². The molecule has 3 aromatic rings. The summed E-state index contributed by atoms with van der Waals surface area (Å²) in [5, 5.41) is 0. The fourth-order valence-electron chi connectivity index (χ4n) is 3.73. The molecule has 0 aromatic heterocycles. The molecule has 1 heterocycles. The standard InChI is InChI=1S/C28H30O4/c1-22-26(30-19-24-13-7-3-8-14-24)17-27(31-20-25-15-9-4-10-16-25)28(32-22)21-29-18-23-11-5-2-6-12-23/h2-16,26-28H,1,17-21H2. The minimum Gasteiger partial charge on any atom is -0.487 e. The van der Waals surface area contributed by atoms with E-state index in [0.717, 1.165) is 16.7 Å². The Bertz CT molecular complexity index is 943. The largest absolute Gasteiger partial charge is 0.487 e. The summed E-state index contributed by atoms with van der Waals surface area (Å²) < 4.78 is 24.6. The van der Waals surface area contributed by atoms with Crippen molar-refractivity contribution in [3.05, 3.63) is 120 Å². The molecule has 0 spiro atoms. The van der Waals surface area contributed by atoms with E-state index in [1.165, 1.54) is 0 Å². The third kappa shape index (κ3) is 6.54. The molecule has 1 aliphatic rings. The second-order valence-electron chi connectivity index (χ2n) is 7.98. The lowest BCUT2D eigenvalue weighted by Crippen LogP contribution is -2.44. The highest BCUT2D eigenvalue weighted by Gasteiger charge is 2.36. The van der Waals surface area contributed by atoms with Gasteiger partial charge in [-0.15, -0.1) is 0 Å². The van der Waals surface area contributed by atoms with Crippen molar-refractivity contribution in [3.63, 3.8) is 0 Å². The maximum atomic E-state index is 6.29. The Morgan fingerprint density at radius 3 is 1.75 bits per heavy atom. The first-order valence-corrected chi connectivity index (χ1v) is 11.1. The van der Waals surface area contributed by atoms with Crippen LogP contribution < -0.4 is 0 Å². The van der Waals surface area contributed by atoms with Gasteiger partial charge in [0.25, 0.3) is 0 Å². The van der Waals surface area contributed by atoms with Crippen LogP contribution >= 0.6 is 0 Å². The van der Waals surface area contributed by atoms with Crippen LogP contribution in [0.1, 0.15) is 23.1 Å². The summed E-state index contributed by atoms with van der Waals surface area (Å²) in [5.74, 6) is 0.633. The van der Waals surface area contributed by atoms with Gasteiger partial charge in [-0.3, -0.25) is 0 Å². The van der Waals surface area contributed by atoms with Crippen LogP contribution in [0.25, 0.3) is 0 Å². The minimum atomic E-state index is -0.230. The monoisotopic (exact) mass is 430 g/mol. The van der Waals surface area contributed by atoms with Gasteiger partial charge >= 0.3 is 0 Å². The van der Waals surface area contributed by atoms with Crippen molar-refractivity contribution < 1.29 is 18.9 Å². The highest BCUT2D eigenvalue weighted by molar-refractivity contribution is 5.15. The van der Waals surface area contributed by atoms with Gasteiger partial charge in [-0.1, -0.05) is 97.6 Å². The van der Waals surface area contributed by atoms with Gasteiger partial charge in [-0.2, -0.15) is 0 Å². The molecule has 0 bridgehead atoms. The van der Waals surface area contributed by atoms with Crippen LogP contribution in [0.15, 0.2) is 103 Å². The van der Waals surface area contributed by atoms with Gasteiger partial charge < -0.3 is 18.9 Å². The summed E-state index contributed by atoms with van der Waals surface area (Å²) >= 11 is 0. The van der Waals surface area contributed by atoms with Crippen molar-refractivity contribution in [2.75, 3.05) is 6.61 Å². The summed E-state index contributed by atoms with van der Waals surface area (Å²) in [6.07, 6.45) is 0.0721. The van der Waals surface area contributed by atoms with E-state index in [1.807, 2.05) is 54.6 Å². The molecule has 4 nitrogen and oxygen atoms in total. The Morgan fingerprint density at radius 2 is 1.19 bits per heavy atom. The minimum absolute atomic E-state index is 0.155. The molecular weight excluding hydrogens is 400 g/mol. The maximum Gasteiger partial charge on any atom is 0.148 e. The highest BCUT2D eigenvalue weighted by atomic mass is 16.6. The third-order valence-corrected chi connectivity index (χ3v) is 5.52. The molecule has 0 amide bonds. The predicted molar refractivity (Wildman–Crippen MR) is 125 cm³/mol. The Kier molecular flexibility index (Phi) is 8.10. The van der Waals surface area contributed by atoms with E-state index in [0.29, 0.717) is 38.6 Å². The zero-order valence-electron chi connectivity index (χ0n) is 18.3. The lowest BCUT2D eigenvalue weighted by molar-refractivity contribution is -0.151. The summed E-state index contributed by atoms with van der Waals surface area (Å²) in [4.78, 5) is 0. The number of hydrogen-bond acceptors (Lipinski definition) is 4. The van der Waals surface area contributed by atoms with Crippen LogP contribution in [-0.4, -0.2) is 24.9 Å². The molecule has 3 aromatic carbocycles. The molecule has 0 radical (unpaired) electrons. The number of hydrogen-bond donors (Lipinski definition) is 0. The molecule has 0 N–H and O–H groups in total. The van der Waals surface area contributed by atoms with E-state index >= 15 is 0 Å². The molecule has 3 unspecified atom stereocenters. The predicted octanol–water partition coefficient (Wildman–Crippen LogP) is 5.68.